The van der Waals surface area contributed by atoms with Gasteiger partial charge in [-0.1, -0.05) is 104 Å². The van der Waals surface area contributed by atoms with Gasteiger partial charge in [-0.05, 0) is 24.4 Å². The first kappa shape index (κ1) is 25.9. The highest BCUT2D eigenvalue weighted by Crippen LogP contribution is 2.14. The zero-order chi connectivity index (χ0) is 21.0. The minimum Gasteiger partial charge on any atom is -0.354 e. The Morgan fingerprint density at radius 2 is 0.931 bits per heavy atom. The third-order valence-corrected chi connectivity index (χ3v) is 5.37. The van der Waals surface area contributed by atoms with E-state index in [2.05, 4.69) is 39.4 Å². The zero-order valence-electron chi connectivity index (χ0n) is 18.9. The van der Waals surface area contributed by atoms with Crippen molar-refractivity contribution >= 4 is 23.5 Å². The molecule has 0 atom stereocenters. The van der Waals surface area contributed by atoms with Crippen molar-refractivity contribution in [2.24, 2.45) is 0 Å². The number of nitrogens with one attached hydrogen (secondary N) is 2. The number of nitrogens with zero attached hydrogens (tertiary/aromatic N) is 3. The molecular formula is C23H44ClN5. The van der Waals surface area contributed by atoms with Crippen LogP contribution >= 0.6 is 11.6 Å². The first-order valence-electron chi connectivity index (χ1n) is 12.2. The first-order valence-corrected chi connectivity index (χ1v) is 12.5. The predicted molar refractivity (Wildman–Crippen MR) is 127 cm³/mol. The topological polar surface area (TPSA) is 62.7 Å². The van der Waals surface area contributed by atoms with Gasteiger partial charge >= 0.3 is 0 Å². The Bertz CT molecular complexity index is 498. The van der Waals surface area contributed by atoms with Crippen molar-refractivity contribution in [3.05, 3.63) is 5.28 Å². The van der Waals surface area contributed by atoms with Gasteiger partial charge in [-0.15, -0.1) is 0 Å². The lowest BCUT2D eigenvalue weighted by molar-refractivity contribution is 0.533. The van der Waals surface area contributed by atoms with E-state index in [0.717, 1.165) is 25.9 Å². The highest BCUT2D eigenvalue weighted by Gasteiger charge is 2.04. The van der Waals surface area contributed by atoms with E-state index in [4.69, 9.17) is 11.6 Å². The van der Waals surface area contributed by atoms with Gasteiger partial charge in [0.2, 0.25) is 17.2 Å². The van der Waals surface area contributed by atoms with E-state index in [1.807, 2.05) is 0 Å². The van der Waals surface area contributed by atoms with Gasteiger partial charge in [0.05, 0.1) is 0 Å². The molecule has 6 heteroatoms. The fraction of sp³-hybridized carbons (Fsp3) is 0.870. The van der Waals surface area contributed by atoms with Crippen molar-refractivity contribution < 1.29 is 0 Å². The lowest BCUT2D eigenvalue weighted by Crippen LogP contribution is -2.10. The summed E-state index contributed by atoms with van der Waals surface area (Å²) in [6.45, 7) is 6.10. The second-order valence-electron chi connectivity index (χ2n) is 8.05. The van der Waals surface area contributed by atoms with Crippen LogP contribution in [0.4, 0.5) is 11.9 Å². The zero-order valence-corrected chi connectivity index (χ0v) is 19.7. The molecule has 0 spiro atoms. The summed E-state index contributed by atoms with van der Waals surface area (Å²) in [5.74, 6) is 1.11. The smallest absolute Gasteiger partial charge is 0.228 e. The van der Waals surface area contributed by atoms with Crippen LogP contribution in [0.15, 0.2) is 0 Å². The molecule has 2 N–H and O–H groups in total. The number of aromatic nitrogens is 3. The van der Waals surface area contributed by atoms with Gasteiger partial charge in [-0.25, -0.2) is 0 Å². The number of anilines is 2. The van der Waals surface area contributed by atoms with Gasteiger partial charge in [0, 0.05) is 13.1 Å². The van der Waals surface area contributed by atoms with Gasteiger partial charge in [0.25, 0.3) is 0 Å². The average molecular weight is 426 g/mol. The molecule has 0 radical (unpaired) electrons. The lowest BCUT2D eigenvalue weighted by atomic mass is 10.0. The van der Waals surface area contributed by atoms with E-state index in [1.165, 1.54) is 89.9 Å². The van der Waals surface area contributed by atoms with Gasteiger partial charge in [0.15, 0.2) is 0 Å². The average Bonchev–Trinajstić information content (AvgIpc) is 2.71. The molecule has 0 aliphatic carbocycles. The summed E-state index contributed by atoms with van der Waals surface area (Å²) in [7, 11) is 0. The Balaban J connectivity index is 1.89. The minimum atomic E-state index is 0.234. The van der Waals surface area contributed by atoms with Crippen LogP contribution in [0, 0.1) is 0 Å². The van der Waals surface area contributed by atoms with Crippen molar-refractivity contribution in [2.45, 2.75) is 117 Å². The molecule has 0 amide bonds. The van der Waals surface area contributed by atoms with Crippen LogP contribution in [0.1, 0.15) is 117 Å². The van der Waals surface area contributed by atoms with E-state index in [1.54, 1.807) is 0 Å². The monoisotopic (exact) mass is 425 g/mol. The Morgan fingerprint density at radius 1 is 0.517 bits per heavy atom. The predicted octanol–water partition coefficient (Wildman–Crippen LogP) is 7.63. The molecule has 168 valence electrons. The summed E-state index contributed by atoms with van der Waals surface area (Å²) >= 11 is 5.96. The lowest BCUT2D eigenvalue weighted by Gasteiger charge is -2.08. The highest BCUT2D eigenvalue weighted by atomic mass is 35.5. The molecule has 29 heavy (non-hydrogen) atoms. The summed E-state index contributed by atoms with van der Waals surface area (Å²) in [5, 5.41) is 6.64. The Hall–Kier alpha value is -1.10. The van der Waals surface area contributed by atoms with Gasteiger partial charge in [-0.2, -0.15) is 15.0 Å². The second-order valence-corrected chi connectivity index (χ2v) is 8.39. The molecule has 0 bridgehead atoms. The summed E-state index contributed by atoms with van der Waals surface area (Å²) in [5.41, 5.74) is 0. The van der Waals surface area contributed by atoms with E-state index >= 15 is 0 Å². The second kappa shape index (κ2) is 18.9. The molecule has 1 aromatic rings. The van der Waals surface area contributed by atoms with Gasteiger partial charge in [-0.3, -0.25) is 0 Å². The fourth-order valence-corrected chi connectivity index (χ4v) is 3.60. The van der Waals surface area contributed by atoms with Crippen LogP contribution in [0.25, 0.3) is 0 Å². The van der Waals surface area contributed by atoms with Crippen molar-refractivity contribution in [3.8, 4) is 0 Å². The maximum Gasteiger partial charge on any atom is 0.228 e. The number of hydrogen-bond acceptors (Lipinski definition) is 5. The van der Waals surface area contributed by atoms with Crippen LogP contribution in [0.5, 0.6) is 0 Å². The van der Waals surface area contributed by atoms with Gasteiger partial charge < -0.3 is 10.6 Å². The highest BCUT2D eigenvalue weighted by molar-refractivity contribution is 6.28. The van der Waals surface area contributed by atoms with E-state index in [0.29, 0.717) is 11.9 Å². The Labute approximate surface area is 184 Å². The molecule has 0 aliphatic heterocycles. The van der Waals surface area contributed by atoms with Crippen molar-refractivity contribution in [3.63, 3.8) is 0 Å². The molecule has 0 saturated carbocycles. The van der Waals surface area contributed by atoms with Crippen LogP contribution in [-0.2, 0) is 0 Å². The standard InChI is InChI=1S/C23H44ClN5/c1-3-5-6-7-8-9-10-11-12-13-14-15-16-17-18-20-26-23-28-21(24)27-22(29-23)25-19-4-2/h3-20H2,1-2H3,(H2,25,26,27,28,29). The summed E-state index contributed by atoms with van der Waals surface area (Å²) in [6.07, 6.45) is 21.7. The molecule has 0 saturated heterocycles. The molecule has 1 aromatic heterocycles. The van der Waals surface area contributed by atoms with Crippen molar-refractivity contribution in [2.75, 3.05) is 23.7 Å². The Morgan fingerprint density at radius 3 is 1.38 bits per heavy atom. The van der Waals surface area contributed by atoms with Crippen molar-refractivity contribution in [1.29, 1.82) is 0 Å². The van der Waals surface area contributed by atoms with Crippen LogP contribution in [0.3, 0.4) is 0 Å². The number of halogens is 1. The number of rotatable bonds is 20. The number of unbranched alkanes of at least 4 members (excludes halogenated alkanes) is 14. The van der Waals surface area contributed by atoms with Crippen LogP contribution in [-0.4, -0.2) is 28.0 Å². The molecule has 5 nitrogen and oxygen atoms in total. The molecule has 0 unspecified atom stereocenters. The molecule has 0 aromatic carbocycles. The van der Waals surface area contributed by atoms with Crippen LogP contribution < -0.4 is 10.6 Å². The normalized spacial score (nSPS) is 11.0. The largest absolute Gasteiger partial charge is 0.354 e. The quantitative estimate of drug-likeness (QED) is 0.210. The summed E-state index contributed by atoms with van der Waals surface area (Å²) in [6, 6.07) is 0. The maximum atomic E-state index is 5.96. The van der Waals surface area contributed by atoms with Gasteiger partial charge in [0.1, 0.15) is 0 Å². The van der Waals surface area contributed by atoms with E-state index < -0.39 is 0 Å². The molecule has 1 rings (SSSR count). The SMILES string of the molecule is CCCCCCCCCCCCCCCCCNc1nc(Cl)nc(NCCC)n1. The van der Waals surface area contributed by atoms with Crippen molar-refractivity contribution in [1.82, 2.24) is 15.0 Å². The first-order chi connectivity index (χ1) is 14.3. The molecular weight excluding hydrogens is 382 g/mol. The molecule has 1 heterocycles. The minimum absolute atomic E-state index is 0.234. The van der Waals surface area contributed by atoms with E-state index in [-0.39, 0.29) is 5.28 Å². The van der Waals surface area contributed by atoms with Crippen LogP contribution in [0.2, 0.25) is 5.28 Å². The fourth-order valence-electron chi connectivity index (χ4n) is 3.44. The Kier molecular flexibility index (Phi) is 16.9. The number of hydrogen-bond donors (Lipinski definition) is 2. The van der Waals surface area contributed by atoms with E-state index in [9.17, 15) is 0 Å². The molecule has 0 aliphatic rings. The molecule has 0 fully saturated rings. The maximum absolute atomic E-state index is 5.96. The third kappa shape index (κ3) is 15.4. The third-order valence-electron chi connectivity index (χ3n) is 5.20. The summed E-state index contributed by atoms with van der Waals surface area (Å²) in [4.78, 5) is 12.6. The summed E-state index contributed by atoms with van der Waals surface area (Å²) < 4.78 is 0.